The number of piperidine rings is 1. The van der Waals surface area contributed by atoms with Crippen LogP contribution in [0.4, 0.5) is 5.69 Å². The maximum absolute atomic E-state index is 13.0. The molecule has 2 unspecified atom stereocenters. The highest BCUT2D eigenvalue weighted by molar-refractivity contribution is 9.10. The summed E-state index contributed by atoms with van der Waals surface area (Å²) in [6, 6.07) is 3.05. The van der Waals surface area contributed by atoms with Crippen LogP contribution >= 0.6 is 15.9 Å². The van der Waals surface area contributed by atoms with Gasteiger partial charge in [-0.3, -0.25) is 0 Å². The molecule has 1 heterocycles. The lowest BCUT2D eigenvalue weighted by Crippen LogP contribution is -2.44. The zero-order chi connectivity index (χ0) is 15.8. The van der Waals surface area contributed by atoms with E-state index < -0.39 is 10.0 Å². The normalized spacial score (nSPS) is 24.0. The molecule has 1 fully saturated rings. The monoisotopic (exact) mass is 376 g/mol. The number of ether oxygens (including phenoxy) is 1. The Labute approximate surface area is 134 Å². The van der Waals surface area contributed by atoms with Crippen molar-refractivity contribution in [3.63, 3.8) is 0 Å². The van der Waals surface area contributed by atoms with Gasteiger partial charge in [0.2, 0.25) is 10.0 Å². The van der Waals surface area contributed by atoms with Gasteiger partial charge in [-0.25, -0.2) is 8.42 Å². The molecule has 5 nitrogen and oxygen atoms in total. The van der Waals surface area contributed by atoms with Crippen LogP contribution in [0, 0.1) is 5.92 Å². The van der Waals surface area contributed by atoms with Crippen molar-refractivity contribution in [1.29, 1.82) is 0 Å². The molecule has 2 N–H and O–H groups in total. The lowest BCUT2D eigenvalue weighted by Gasteiger charge is -2.35. The molecular weight excluding hydrogens is 356 g/mol. The number of anilines is 1. The summed E-state index contributed by atoms with van der Waals surface area (Å²) in [4.78, 5) is 0.131. The van der Waals surface area contributed by atoms with E-state index in [4.69, 9.17) is 10.5 Å². The lowest BCUT2D eigenvalue weighted by molar-refractivity contribution is 0.217. The summed E-state index contributed by atoms with van der Waals surface area (Å²) >= 11 is 3.29. The molecule has 21 heavy (non-hydrogen) atoms. The third kappa shape index (κ3) is 3.19. The Morgan fingerprint density at radius 2 is 2.00 bits per heavy atom. The first-order chi connectivity index (χ1) is 9.77. The molecule has 0 aliphatic carbocycles. The molecule has 118 valence electrons. The number of hydrogen-bond acceptors (Lipinski definition) is 4. The minimum Gasteiger partial charge on any atom is -0.495 e. The molecule has 1 aromatic carbocycles. The molecule has 2 atom stereocenters. The number of sulfonamides is 1. The zero-order valence-corrected chi connectivity index (χ0v) is 14.9. The van der Waals surface area contributed by atoms with E-state index in [0.717, 1.165) is 12.8 Å². The van der Waals surface area contributed by atoms with Gasteiger partial charge in [-0.15, -0.1) is 0 Å². The first-order valence-corrected chi connectivity index (χ1v) is 9.15. The quantitative estimate of drug-likeness (QED) is 0.823. The van der Waals surface area contributed by atoms with Gasteiger partial charge in [0, 0.05) is 22.7 Å². The zero-order valence-electron chi connectivity index (χ0n) is 12.5. The number of nitrogens with zero attached hydrogens (tertiary/aromatic N) is 1. The molecule has 0 aromatic heterocycles. The van der Waals surface area contributed by atoms with Crippen LogP contribution in [0.5, 0.6) is 5.75 Å². The summed E-state index contributed by atoms with van der Waals surface area (Å²) in [5, 5.41) is 0. The number of methoxy groups -OCH3 is 1. The molecule has 0 spiro atoms. The number of hydrogen-bond donors (Lipinski definition) is 1. The van der Waals surface area contributed by atoms with E-state index in [0.29, 0.717) is 28.4 Å². The minimum absolute atomic E-state index is 0.0132. The summed E-state index contributed by atoms with van der Waals surface area (Å²) in [7, 11) is -2.16. The largest absolute Gasteiger partial charge is 0.495 e. The molecular formula is C14H21BrN2O3S. The van der Waals surface area contributed by atoms with Gasteiger partial charge in [-0.05, 0) is 53.7 Å². The Bertz CT molecular complexity index is 633. The van der Waals surface area contributed by atoms with Gasteiger partial charge < -0.3 is 10.5 Å². The van der Waals surface area contributed by atoms with Crippen LogP contribution in [0.1, 0.15) is 26.7 Å². The van der Waals surface area contributed by atoms with Crippen molar-refractivity contribution in [1.82, 2.24) is 4.31 Å². The van der Waals surface area contributed by atoms with Crippen molar-refractivity contribution in [3.05, 3.63) is 16.6 Å². The Morgan fingerprint density at radius 1 is 1.33 bits per heavy atom. The number of nitrogens with two attached hydrogens (primary N) is 1. The van der Waals surface area contributed by atoms with Crippen molar-refractivity contribution >= 4 is 31.6 Å². The van der Waals surface area contributed by atoms with Gasteiger partial charge in [0.1, 0.15) is 10.6 Å². The highest BCUT2D eigenvalue weighted by Gasteiger charge is 2.35. The van der Waals surface area contributed by atoms with E-state index in [1.54, 1.807) is 10.4 Å². The molecule has 1 saturated heterocycles. The van der Waals surface area contributed by atoms with Crippen molar-refractivity contribution in [2.24, 2.45) is 5.92 Å². The Balaban J connectivity index is 2.50. The van der Waals surface area contributed by atoms with Crippen LogP contribution in [0.3, 0.4) is 0 Å². The molecule has 0 radical (unpaired) electrons. The van der Waals surface area contributed by atoms with Crippen molar-refractivity contribution in [3.8, 4) is 5.75 Å². The van der Waals surface area contributed by atoms with E-state index in [-0.39, 0.29) is 10.9 Å². The van der Waals surface area contributed by atoms with Crippen LogP contribution in [0.15, 0.2) is 21.5 Å². The van der Waals surface area contributed by atoms with Crippen LogP contribution < -0.4 is 10.5 Å². The summed E-state index contributed by atoms with van der Waals surface area (Å²) in [5.41, 5.74) is 6.23. The number of rotatable bonds is 3. The molecule has 0 amide bonds. The third-order valence-corrected chi connectivity index (χ3v) is 6.62. The van der Waals surface area contributed by atoms with Crippen LogP contribution in [-0.2, 0) is 10.0 Å². The second kappa shape index (κ2) is 6.14. The fourth-order valence-corrected chi connectivity index (χ4v) is 4.90. The van der Waals surface area contributed by atoms with Crippen LogP contribution in [0.2, 0.25) is 0 Å². The fraction of sp³-hybridized carbons (Fsp3) is 0.571. The first kappa shape index (κ1) is 16.6. The third-order valence-electron chi connectivity index (χ3n) is 3.93. The van der Waals surface area contributed by atoms with E-state index >= 15 is 0 Å². The summed E-state index contributed by atoms with van der Waals surface area (Å²) in [6.07, 6.45) is 1.92. The SMILES string of the molecule is COc1cc(Br)c(N)cc1S(=O)(=O)N1CC(C)CCC1C. The Morgan fingerprint density at radius 3 is 2.62 bits per heavy atom. The predicted octanol–water partition coefficient (Wildman–Crippen LogP) is 2.85. The van der Waals surface area contributed by atoms with Crippen LogP contribution in [-0.4, -0.2) is 32.4 Å². The summed E-state index contributed by atoms with van der Waals surface area (Å²) < 4.78 is 33.3. The van der Waals surface area contributed by atoms with E-state index in [2.05, 4.69) is 22.9 Å². The van der Waals surface area contributed by atoms with Gasteiger partial charge in [0.05, 0.1) is 7.11 Å². The second-order valence-electron chi connectivity index (χ2n) is 5.63. The Hall–Kier alpha value is -0.790. The molecule has 0 saturated carbocycles. The molecule has 0 bridgehead atoms. The Kier molecular flexibility index (Phi) is 4.85. The van der Waals surface area contributed by atoms with Gasteiger partial charge in [0.25, 0.3) is 0 Å². The van der Waals surface area contributed by atoms with Crippen molar-refractivity contribution in [2.75, 3.05) is 19.4 Å². The molecule has 1 aromatic rings. The first-order valence-electron chi connectivity index (χ1n) is 6.92. The van der Waals surface area contributed by atoms with Gasteiger partial charge in [-0.1, -0.05) is 6.92 Å². The lowest BCUT2D eigenvalue weighted by atomic mass is 9.97. The highest BCUT2D eigenvalue weighted by atomic mass is 79.9. The van der Waals surface area contributed by atoms with E-state index in [9.17, 15) is 8.42 Å². The van der Waals surface area contributed by atoms with E-state index in [1.165, 1.54) is 13.2 Å². The highest BCUT2D eigenvalue weighted by Crippen LogP contribution is 2.36. The van der Waals surface area contributed by atoms with Crippen LogP contribution in [0.25, 0.3) is 0 Å². The maximum atomic E-state index is 13.0. The summed E-state index contributed by atoms with van der Waals surface area (Å²) in [6.45, 7) is 4.54. The average molecular weight is 377 g/mol. The average Bonchev–Trinajstić information content (AvgIpc) is 2.43. The van der Waals surface area contributed by atoms with E-state index in [1.807, 2.05) is 6.92 Å². The standard InChI is InChI=1S/C14H21BrN2O3S/c1-9-4-5-10(2)17(8-9)21(18,19)14-7-12(16)11(15)6-13(14)20-3/h6-7,9-10H,4-5,8,16H2,1-3H3. The minimum atomic E-state index is -3.62. The predicted molar refractivity (Wildman–Crippen MR) is 86.9 cm³/mol. The van der Waals surface area contributed by atoms with Crippen molar-refractivity contribution < 1.29 is 13.2 Å². The topological polar surface area (TPSA) is 72.6 Å². The van der Waals surface area contributed by atoms with Gasteiger partial charge in [0.15, 0.2) is 0 Å². The van der Waals surface area contributed by atoms with Gasteiger partial charge in [-0.2, -0.15) is 4.31 Å². The molecule has 2 rings (SSSR count). The number of nitrogen functional groups attached to an aromatic ring is 1. The summed E-state index contributed by atoms with van der Waals surface area (Å²) in [5.74, 6) is 0.663. The smallest absolute Gasteiger partial charge is 0.247 e. The second-order valence-corrected chi connectivity index (χ2v) is 8.34. The van der Waals surface area contributed by atoms with Gasteiger partial charge >= 0.3 is 0 Å². The fourth-order valence-electron chi connectivity index (χ4n) is 2.62. The molecule has 7 heteroatoms. The molecule has 1 aliphatic heterocycles. The number of halogens is 1. The van der Waals surface area contributed by atoms with Crippen molar-refractivity contribution in [2.45, 2.75) is 37.6 Å². The maximum Gasteiger partial charge on any atom is 0.247 e. The molecule has 1 aliphatic rings. The number of benzene rings is 1.